The number of hydrogen-bond donors (Lipinski definition) is 0. The fraction of sp³-hybridized carbons (Fsp3) is 0.333. The van der Waals surface area contributed by atoms with Gasteiger partial charge < -0.3 is 4.74 Å². The first kappa shape index (κ1) is 13.5. The molecule has 0 aromatic heterocycles. The summed E-state index contributed by atoms with van der Waals surface area (Å²) < 4.78 is 4.91. The van der Waals surface area contributed by atoms with Crippen molar-refractivity contribution in [1.82, 2.24) is 0 Å². The minimum absolute atomic E-state index is 0.248. The van der Waals surface area contributed by atoms with E-state index in [9.17, 15) is 9.59 Å². The number of ether oxygens (including phenoxy) is 1. The number of nitrogens with zero attached hydrogens (tertiary/aromatic N) is 1. The molecule has 0 amide bonds. The monoisotopic (exact) mass is 251 g/mol. The minimum Gasteiger partial charge on any atom is -0.465 e. The van der Waals surface area contributed by atoms with Crippen LogP contribution in [0.1, 0.15) is 13.8 Å². The third-order valence-corrected chi connectivity index (χ3v) is 3.00. The first-order valence-electron chi connectivity index (χ1n) is 5.18. The maximum absolute atomic E-state index is 11.4. The second kappa shape index (κ2) is 6.89. The topological polar surface area (TPSA) is 55.7 Å². The van der Waals surface area contributed by atoms with E-state index in [2.05, 4.69) is 4.99 Å². The summed E-state index contributed by atoms with van der Waals surface area (Å²) in [6.45, 7) is 3.92. The van der Waals surface area contributed by atoms with E-state index in [1.165, 1.54) is 17.8 Å². The predicted molar refractivity (Wildman–Crippen MR) is 66.2 cm³/mol. The van der Waals surface area contributed by atoms with Gasteiger partial charge in [-0.05, 0) is 32.0 Å². The molecule has 0 aliphatic carbocycles. The molecule has 0 radical (unpaired) electrons. The summed E-state index contributed by atoms with van der Waals surface area (Å²) in [6, 6.07) is 7.05. The quantitative estimate of drug-likeness (QED) is 0.349. The summed E-state index contributed by atoms with van der Waals surface area (Å²) in [6.07, 6.45) is 1.48. The molecule has 1 rings (SSSR count). The Morgan fingerprint density at radius 2 is 2.35 bits per heavy atom. The van der Waals surface area contributed by atoms with Crippen molar-refractivity contribution >= 4 is 29.5 Å². The van der Waals surface area contributed by atoms with E-state index >= 15 is 0 Å². The van der Waals surface area contributed by atoms with Crippen LogP contribution in [0, 0.1) is 0 Å². The number of rotatable bonds is 5. The van der Waals surface area contributed by atoms with Crippen molar-refractivity contribution in [2.75, 3.05) is 6.61 Å². The fourth-order valence-corrected chi connectivity index (χ4v) is 2.11. The van der Waals surface area contributed by atoms with Gasteiger partial charge in [0.1, 0.15) is 5.25 Å². The molecule has 4 nitrogen and oxygen atoms in total. The SMILES string of the molecule is CCOC(=O)C(C)Sc1cccc(N=C=O)c1. The van der Waals surface area contributed by atoms with Crippen LogP contribution in [0.5, 0.6) is 0 Å². The Morgan fingerprint density at radius 3 is 3.00 bits per heavy atom. The molecule has 90 valence electrons. The smallest absolute Gasteiger partial charge is 0.319 e. The molecule has 1 aromatic rings. The van der Waals surface area contributed by atoms with Crippen LogP contribution in [0.15, 0.2) is 34.2 Å². The Labute approximate surface area is 104 Å². The van der Waals surface area contributed by atoms with Crippen LogP contribution in [0.3, 0.4) is 0 Å². The third kappa shape index (κ3) is 4.43. The number of benzene rings is 1. The molecule has 0 bridgehead atoms. The molecular formula is C12H13NO3S. The molecule has 1 unspecified atom stereocenters. The van der Waals surface area contributed by atoms with Gasteiger partial charge in [-0.15, -0.1) is 11.8 Å². The summed E-state index contributed by atoms with van der Waals surface area (Å²) >= 11 is 1.37. The molecule has 17 heavy (non-hydrogen) atoms. The van der Waals surface area contributed by atoms with Gasteiger partial charge >= 0.3 is 5.97 Å². The van der Waals surface area contributed by atoms with Crippen LogP contribution in [-0.2, 0) is 14.3 Å². The zero-order valence-electron chi connectivity index (χ0n) is 9.67. The van der Waals surface area contributed by atoms with Crippen molar-refractivity contribution in [2.45, 2.75) is 24.0 Å². The van der Waals surface area contributed by atoms with Gasteiger partial charge in [-0.2, -0.15) is 4.99 Å². The van der Waals surface area contributed by atoms with Crippen molar-refractivity contribution < 1.29 is 14.3 Å². The van der Waals surface area contributed by atoms with Gasteiger partial charge in [-0.1, -0.05) is 6.07 Å². The lowest BCUT2D eigenvalue weighted by Gasteiger charge is -2.09. The summed E-state index contributed by atoms with van der Waals surface area (Å²) in [4.78, 5) is 25.9. The van der Waals surface area contributed by atoms with Crippen LogP contribution in [0.4, 0.5) is 5.69 Å². The number of carbonyl (C=O) groups excluding carboxylic acids is 2. The normalized spacial score (nSPS) is 11.4. The molecule has 0 fully saturated rings. The number of esters is 1. The molecule has 1 atom stereocenters. The molecule has 0 saturated carbocycles. The van der Waals surface area contributed by atoms with Crippen LogP contribution < -0.4 is 0 Å². The maximum Gasteiger partial charge on any atom is 0.319 e. The van der Waals surface area contributed by atoms with E-state index in [4.69, 9.17) is 4.74 Å². The Bertz CT molecular complexity index is 441. The Balaban J connectivity index is 2.71. The van der Waals surface area contributed by atoms with Crippen molar-refractivity contribution in [2.24, 2.45) is 4.99 Å². The molecule has 0 heterocycles. The van der Waals surface area contributed by atoms with Crippen LogP contribution in [0.2, 0.25) is 0 Å². The standard InChI is InChI=1S/C12H13NO3S/c1-3-16-12(15)9(2)17-11-6-4-5-10(7-11)13-8-14/h4-7,9H,3H2,1-2H3. The van der Waals surface area contributed by atoms with Crippen molar-refractivity contribution in [3.05, 3.63) is 24.3 Å². The second-order valence-electron chi connectivity index (χ2n) is 3.21. The lowest BCUT2D eigenvalue weighted by Crippen LogP contribution is -2.16. The molecule has 0 saturated heterocycles. The number of hydrogen-bond acceptors (Lipinski definition) is 5. The predicted octanol–water partition coefficient (Wildman–Crippen LogP) is 2.70. The van der Waals surface area contributed by atoms with Crippen LogP contribution in [0.25, 0.3) is 0 Å². The first-order valence-corrected chi connectivity index (χ1v) is 6.06. The van der Waals surface area contributed by atoms with E-state index in [1.807, 2.05) is 6.07 Å². The van der Waals surface area contributed by atoms with E-state index in [0.717, 1.165) is 4.90 Å². The highest BCUT2D eigenvalue weighted by Gasteiger charge is 2.15. The Morgan fingerprint density at radius 1 is 1.59 bits per heavy atom. The Kier molecular flexibility index (Phi) is 5.46. The van der Waals surface area contributed by atoms with Gasteiger partial charge in [0.15, 0.2) is 0 Å². The van der Waals surface area contributed by atoms with Gasteiger partial charge in [0, 0.05) is 4.90 Å². The average Bonchev–Trinajstić information content (AvgIpc) is 2.30. The summed E-state index contributed by atoms with van der Waals surface area (Å²) in [5, 5.41) is -0.287. The molecule has 0 aliphatic heterocycles. The molecule has 5 heteroatoms. The molecule has 0 aliphatic rings. The molecular weight excluding hydrogens is 238 g/mol. The second-order valence-corrected chi connectivity index (χ2v) is 4.63. The number of carbonyl (C=O) groups is 1. The average molecular weight is 251 g/mol. The van der Waals surface area contributed by atoms with Gasteiger partial charge in [0.05, 0.1) is 12.3 Å². The lowest BCUT2D eigenvalue weighted by molar-refractivity contribution is -0.142. The summed E-state index contributed by atoms with van der Waals surface area (Å²) in [5.41, 5.74) is 0.529. The van der Waals surface area contributed by atoms with E-state index in [0.29, 0.717) is 12.3 Å². The highest BCUT2D eigenvalue weighted by molar-refractivity contribution is 8.00. The zero-order chi connectivity index (χ0) is 12.7. The van der Waals surface area contributed by atoms with Gasteiger partial charge in [0.25, 0.3) is 0 Å². The van der Waals surface area contributed by atoms with Gasteiger partial charge in [-0.3, -0.25) is 4.79 Å². The number of thioether (sulfide) groups is 1. The zero-order valence-corrected chi connectivity index (χ0v) is 10.5. The maximum atomic E-state index is 11.4. The van der Waals surface area contributed by atoms with Gasteiger partial charge in [0.2, 0.25) is 6.08 Å². The molecule has 0 N–H and O–H groups in total. The van der Waals surface area contributed by atoms with E-state index < -0.39 is 0 Å². The minimum atomic E-state index is -0.287. The summed E-state index contributed by atoms with van der Waals surface area (Å²) in [7, 11) is 0. The van der Waals surface area contributed by atoms with Crippen LogP contribution in [-0.4, -0.2) is 23.9 Å². The summed E-state index contributed by atoms with van der Waals surface area (Å²) in [5.74, 6) is -0.248. The molecule has 0 spiro atoms. The highest BCUT2D eigenvalue weighted by atomic mass is 32.2. The lowest BCUT2D eigenvalue weighted by atomic mass is 10.3. The third-order valence-electron chi connectivity index (χ3n) is 1.92. The fourth-order valence-electron chi connectivity index (χ4n) is 1.19. The first-order chi connectivity index (χ1) is 8.17. The number of isocyanates is 1. The van der Waals surface area contributed by atoms with Gasteiger partial charge in [-0.25, -0.2) is 4.79 Å². The van der Waals surface area contributed by atoms with E-state index in [-0.39, 0.29) is 11.2 Å². The number of aliphatic imine (C=N–C) groups is 1. The van der Waals surface area contributed by atoms with Crippen molar-refractivity contribution in [1.29, 1.82) is 0 Å². The molecule has 1 aromatic carbocycles. The largest absolute Gasteiger partial charge is 0.465 e. The van der Waals surface area contributed by atoms with Crippen LogP contribution >= 0.6 is 11.8 Å². The van der Waals surface area contributed by atoms with Crippen molar-refractivity contribution in [3.8, 4) is 0 Å². The van der Waals surface area contributed by atoms with E-state index in [1.54, 1.807) is 32.0 Å². The van der Waals surface area contributed by atoms with Crippen molar-refractivity contribution in [3.63, 3.8) is 0 Å². The Hall–Kier alpha value is -1.58. The highest BCUT2D eigenvalue weighted by Crippen LogP contribution is 2.27.